The summed E-state index contributed by atoms with van der Waals surface area (Å²) in [7, 11) is 0. The Balaban J connectivity index is 1.65. The normalized spacial score (nSPS) is 19.0. The molecule has 0 aliphatic heterocycles. The van der Waals surface area contributed by atoms with E-state index in [0.29, 0.717) is 12.1 Å². The number of rotatable bonds is 4. The van der Waals surface area contributed by atoms with Crippen molar-refractivity contribution in [3.05, 3.63) is 65.2 Å². The topological polar surface area (TPSA) is 24.9 Å². The van der Waals surface area contributed by atoms with Crippen LogP contribution in [0.5, 0.6) is 0 Å². The van der Waals surface area contributed by atoms with E-state index >= 15 is 0 Å². The molecular weight excluding hydrogens is 263 g/mol. The van der Waals surface area contributed by atoms with E-state index in [1.54, 1.807) is 0 Å². The van der Waals surface area contributed by atoms with E-state index in [1.165, 1.54) is 29.8 Å². The van der Waals surface area contributed by atoms with Gasteiger partial charge in [-0.25, -0.2) is 4.39 Å². The zero-order valence-corrected chi connectivity index (χ0v) is 12.3. The van der Waals surface area contributed by atoms with Gasteiger partial charge < -0.3 is 5.32 Å². The summed E-state index contributed by atoms with van der Waals surface area (Å²) >= 11 is 0. The number of nitrogens with one attached hydrogen (secondary N) is 1. The average Bonchev–Trinajstić information content (AvgIpc) is 2.50. The van der Waals surface area contributed by atoms with Gasteiger partial charge in [0.15, 0.2) is 0 Å². The Bertz CT molecular complexity index is 594. The van der Waals surface area contributed by atoms with Crippen LogP contribution in [-0.4, -0.2) is 11.0 Å². The highest BCUT2D eigenvalue weighted by Crippen LogP contribution is 2.28. The van der Waals surface area contributed by atoms with Gasteiger partial charge in [-0.05, 0) is 61.9 Å². The standard InChI is InChI=1S/C18H21FN2/c1-13(12-14-7-9-16(19)10-8-14)21-17-6-2-4-15-5-3-11-20-18(15)17/h3,5,7-11,13,17,21H,2,4,6,12H2,1H3. The van der Waals surface area contributed by atoms with E-state index in [-0.39, 0.29) is 5.82 Å². The summed E-state index contributed by atoms with van der Waals surface area (Å²) in [5, 5.41) is 3.68. The van der Waals surface area contributed by atoms with E-state index in [2.05, 4.69) is 23.3 Å². The predicted molar refractivity (Wildman–Crippen MR) is 82.6 cm³/mol. The Kier molecular flexibility index (Phi) is 4.30. The van der Waals surface area contributed by atoms with E-state index in [0.717, 1.165) is 24.8 Å². The number of nitrogens with zero attached hydrogens (tertiary/aromatic N) is 1. The van der Waals surface area contributed by atoms with Gasteiger partial charge in [0.2, 0.25) is 0 Å². The molecule has 21 heavy (non-hydrogen) atoms. The van der Waals surface area contributed by atoms with Gasteiger partial charge in [-0.2, -0.15) is 0 Å². The Hall–Kier alpha value is -1.74. The number of hydrogen-bond acceptors (Lipinski definition) is 2. The van der Waals surface area contributed by atoms with E-state index in [1.807, 2.05) is 24.4 Å². The van der Waals surface area contributed by atoms with Gasteiger partial charge in [0.25, 0.3) is 0 Å². The molecular formula is C18H21FN2. The minimum Gasteiger partial charge on any atom is -0.306 e. The van der Waals surface area contributed by atoms with Crippen molar-refractivity contribution in [2.24, 2.45) is 0 Å². The van der Waals surface area contributed by atoms with Crippen LogP contribution in [0.3, 0.4) is 0 Å². The van der Waals surface area contributed by atoms with Gasteiger partial charge in [0.05, 0.1) is 5.69 Å². The van der Waals surface area contributed by atoms with Gasteiger partial charge >= 0.3 is 0 Å². The Morgan fingerprint density at radius 1 is 1.29 bits per heavy atom. The minimum absolute atomic E-state index is 0.176. The maximum absolute atomic E-state index is 12.9. The van der Waals surface area contributed by atoms with Crippen LogP contribution < -0.4 is 5.32 Å². The second-order valence-electron chi connectivity index (χ2n) is 5.89. The molecule has 1 N–H and O–H groups in total. The van der Waals surface area contributed by atoms with Crippen molar-refractivity contribution < 1.29 is 4.39 Å². The SMILES string of the molecule is CC(Cc1ccc(F)cc1)NC1CCCc2cccnc21. The molecule has 0 fully saturated rings. The van der Waals surface area contributed by atoms with Gasteiger partial charge in [-0.1, -0.05) is 18.2 Å². The third-order valence-electron chi connectivity index (χ3n) is 4.14. The average molecular weight is 284 g/mol. The molecule has 2 atom stereocenters. The molecule has 2 unspecified atom stereocenters. The number of benzene rings is 1. The highest BCUT2D eigenvalue weighted by molar-refractivity contribution is 5.25. The molecule has 0 spiro atoms. The summed E-state index contributed by atoms with van der Waals surface area (Å²) in [6.45, 7) is 2.18. The third-order valence-corrected chi connectivity index (χ3v) is 4.14. The largest absolute Gasteiger partial charge is 0.306 e. The number of fused-ring (bicyclic) bond motifs is 1. The second-order valence-corrected chi connectivity index (χ2v) is 5.89. The van der Waals surface area contributed by atoms with Crippen LogP contribution in [-0.2, 0) is 12.8 Å². The summed E-state index contributed by atoms with van der Waals surface area (Å²) in [6, 6.07) is 11.7. The van der Waals surface area contributed by atoms with Crippen molar-refractivity contribution in [1.82, 2.24) is 10.3 Å². The molecule has 1 aromatic carbocycles. The molecule has 2 aromatic rings. The Morgan fingerprint density at radius 2 is 2.10 bits per heavy atom. The summed E-state index contributed by atoms with van der Waals surface area (Å²) in [5.74, 6) is -0.176. The number of hydrogen-bond donors (Lipinski definition) is 1. The lowest BCUT2D eigenvalue weighted by Crippen LogP contribution is -2.34. The quantitative estimate of drug-likeness (QED) is 0.923. The molecule has 110 valence electrons. The molecule has 0 saturated carbocycles. The van der Waals surface area contributed by atoms with Gasteiger partial charge in [0.1, 0.15) is 5.82 Å². The van der Waals surface area contributed by atoms with Crippen molar-refractivity contribution >= 4 is 0 Å². The molecule has 3 heteroatoms. The number of pyridine rings is 1. The first-order valence-corrected chi connectivity index (χ1v) is 7.66. The van der Waals surface area contributed by atoms with Crippen LogP contribution in [0.15, 0.2) is 42.6 Å². The molecule has 1 heterocycles. The van der Waals surface area contributed by atoms with E-state index in [9.17, 15) is 4.39 Å². The Labute approximate surface area is 125 Å². The summed E-state index contributed by atoms with van der Waals surface area (Å²) in [5.41, 5.74) is 3.73. The second kappa shape index (κ2) is 6.35. The molecule has 0 radical (unpaired) electrons. The summed E-state index contributed by atoms with van der Waals surface area (Å²) in [6.07, 6.45) is 6.26. The lowest BCUT2D eigenvalue weighted by Gasteiger charge is -2.28. The van der Waals surface area contributed by atoms with Crippen LogP contribution in [0.2, 0.25) is 0 Å². The van der Waals surface area contributed by atoms with Crippen LogP contribution in [0, 0.1) is 5.82 Å². The molecule has 1 aliphatic carbocycles. The number of halogens is 1. The van der Waals surface area contributed by atoms with E-state index < -0.39 is 0 Å². The summed E-state index contributed by atoms with van der Waals surface area (Å²) in [4.78, 5) is 4.56. The first kappa shape index (κ1) is 14.2. The number of aryl methyl sites for hydroxylation is 1. The van der Waals surface area contributed by atoms with Crippen LogP contribution in [0.25, 0.3) is 0 Å². The fourth-order valence-corrected chi connectivity index (χ4v) is 3.15. The van der Waals surface area contributed by atoms with Gasteiger partial charge in [-0.15, -0.1) is 0 Å². The maximum atomic E-state index is 12.9. The molecule has 3 rings (SSSR count). The highest BCUT2D eigenvalue weighted by Gasteiger charge is 2.22. The molecule has 2 nitrogen and oxygen atoms in total. The van der Waals surface area contributed by atoms with Crippen LogP contribution in [0.4, 0.5) is 4.39 Å². The zero-order valence-electron chi connectivity index (χ0n) is 12.3. The molecule has 1 aromatic heterocycles. The maximum Gasteiger partial charge on any atom is 0.123 e. The first-order chi connectivity index (χ1) is 10.2. The summed E-state index contributed by atoms with van der Waals surface area (Å²) < 4.78 is 12.9. The molecule has 0 amide bonds. The van der Waals surface area contributed by atoms with Crippen molar-refractivity contribution in [3.8, 4) is 0 Å². The zero-order chi connectivity index (χ0) is 14.7. The third kappa shape index (κ3) is 3.48. The van der Waals surface area contributed by atoms with Crippen molar-refractivity contribution in [1.29, 1.82) is 0 Å². The van der Waals surface area contributed by atoms with Crippen molar-refractivity contribution in [2.45, 2.75) is 44.7 Å². The fraction of sp³-hybridized carbons (Fsp3) is 0.389. The Morgan fingerprint density at radius 3 is 2.90 bits per heavy atom. The fourth-order valence-electron chi connectivity index (χ4n) is 3.15. The van der Waals surface area contributed by atoms with Gasteiger partial charge in [-0.3, -0.25) is 4.98 Å². The predicted octanol–water partition coefficient (Wildman–Crippen LogP) is 3.82. The molecule has 0 bridgehead atoms. The number of aromatic nitrogens is 1. The van der Waals surface area contributed by atoms with E-state index in [4.69, 9.17) is 0 Å². The van der Waals surface area contributed by atoms with Crippen LogP contribution >= 0.6 is 0 Å². The van der Waals surface area contributed by atoms with Crippen LogP contribution in [0.1, 0.15) is 42.6 Å². The minimum atomic E-state index is -0.176. The lowest BCUT2D eigenvalue weighted by molar-refractivity contribution is 0.398. The van der Waals surface area contributed by atoms with Gasteiger partial charge in [0, 0.05) is 18.3 Å². The van der Waals surface area contributed by atoms with Crippen molar-refractivity contribution in [3.63, 3.8) is 0 Å². The highest BCUT2D eigenvalue weighted by atomic mass is 19.1. The monoisotopic (exact) mass is 284 g/mol. The molecule has 0 saturated heterocycles. The lowest BCUT2D eigenvalue weighted by atomic mass is 9.91. The smallest absolute Gasteiger partial charge is 0.123 e. The van der Waals surface area contributed by atoms with Crippen molar-refractivity contribution in [2.75, 3.05) is 0 Å². The molecule has 1 aliphatic rings. The first-order valence-electron chi connectivity index (χ1n) is 7.66.